The van der Waals surface area contributed by atoms with Crippen LogP contribution >= 0.6 is 0 Å². The van der Waals surface area contributed by atoms with E-state index in [9.17, 15) is 4.79 Å². The number of unbranched alkanes of at least 4 members (excludes halogenated alkanes) is 2. The SMILES string of the molecule is C=Cc1ccc(OC(C)(C)CC(C)Oc2ccc3cc(-c4ccc(CCCCC)cc4)c(=O)oc3c2)cc1. The Bertz CT molecular complexity index is 1410. The van der Waals surface area contributed by atoms with E-state index in [4.69, 9.17) is 13.9 Å². The summed E-state index contributed by atoms with van der Waals surface area (Å²) in [5.41, 5.74) is 3.52. The minimum absolute atomic E-state index is 0.114. The van der Waals surface area contributed by atoms with Crippen LogP contribution in [-0.2, 0) is 6.42 Å². The van der Waals surface area contributed by atoms with Crippen LogP contribution in [0.5, 0.6) is 11.5 Å². The predicted molar refractivity (Wildman–Crippen MR) is 157 cm³/mol. The third-order valence-corrected chi connectivity index (χ3v) is 6.67. The van der Waals surface area contributed by atoms with Crippen LogP contribution in [-0.4, -0.2) is 11.7 Å². The Kier molecular flexibility index (Phi) is 8.73. The molecule has 3 aromatic carbocycles. The lowest BCUT2D eigenvalue weighted by atomic mass is 10.0. The van der Waals surface area contributed by atoms with Crippen molar-refractivity contribution >= 4 is 17.0 Å². The van der Waals surface area contributed by atoms with Crippen LogP contribution in [0.1, 0.15) is 64.5 Å². The standard InChI is InChI=1S/C34H38O4/c1-6-8-9-10-26-11-15-27(16-12-26)31-21-28-17-20-30(22-32(28)37-33(31)35)36-24(3)23-34(4,5)38-29-18-13-25(7-2)14-19-29/h7,11-22,24H,2,6,8-10,23H2,1,3-5H3. The van der Waals surface area contributed by atoms with Crippen molar-refractivity contribution in [2.75, 3.05) is 0 Å². The highest BCUT2D eigenvalue weighted by Gasteiger charge is 2.24. The average Bonchev–Trinajstić information content (AvgIpc) is 2.88. The number of hydrogen-bond acceptors (Lipinski definition) is 4. The Hall–Kier alpha value is -3.79. The van der Waals surface area contributed by atoms with Crippen LogP contribution in [0, 0.1) is 0 Å². The highest BCUT2D eigenvalue weighted by Crippen LogP contribution is 2.28. The third kappa shape index (κ3) is 7.16. The maximum Gasteiger partial charge on any atom is 0.344 e. The molecule has 1 aromatic heterocycles. The van der Waals surface area contributed by atoms with Crippen LogP contribution in [0.3, 0.4) is 0 Å². The second kappa shape index (κ2) is 12.2. The lowest BCUT2D eigenvalue weighted by Crippen LogP contribution is -2.34. The summed E-state index contributed by atoms with van der Waals surface area (Å²) < 4.78 is 18.1. The van der Waals surface area contributed by atoms with Gasteiger partial charge in [-0.15, -0.1) is 0 Å². The summed E-state index contributed by atoms with van der Waals surface area (Å²) >= 11 is 0. The zero-order valence-corrected chi connectivity index (χ0v) is 23.0. The first-order chi connectivity index (χ1) is 18.3. The maximum absolute atomic E-state index is 12.8. The molecule has 1 atom stereocenters. The molecule has 0 saturated carbocycles. The van der Waals surface area contributed by atoms with Gasteiger partial charge in [0.1, 0.15) is 22.7 Å². The van der Waals surface area contributed by atoms with Crippen molar-refractivity contribution in [3.05, 3.63) is 101 Å². The van der Waals surface area contributed by atoms with Crippen LogP contribution in [0.25, 0.3) is 28.2 Å². The quantitative estimate of drug-likeness (QED) is 0.141. The normalized spacial score (nSPS) is 12.3. The molecule has 0 spiro atoms. The fourth-order valence-electron chi connectivity index (χ4n) is 4.80. The highest BCUT2D eigenvalue weighted by atomic mass is 16.5. The molecule has 4 heteroatoms. The van der Waals surface area contributed by atoms with Gasteiger partial charge in [0.2, 0.25) is 0 Å². The Balaban J connectivity index is 1.42. The van der Waals surface area contributed by atoms with Crippen molar-refractivity contribution in [2.24, 2.45) is 0 Å². The van der Waals surface area contributed by atoms with Crippen LogP contribution in [0.4, 0.5) is 0 Å². The molecular formula is C34H38O4. The molecule has 0 amide bonds. The summed E-state index contributed by atoms with van der Waals surface area (Å²) in [6.07, 6.45) is 7.06. The van der Waals surface area contributed by atoms with Gasteiger partial charge in [-0.05, 0) is 80.6 Å². The van der Waals surface area contributed by atoms with Gasteiger partial charge in [-0.2, -0.15) is 0 Å². The number of benzene rings is 3. The van der Waals surface area contributed by atoms with Gasteiger partial charge in [0.05, 0.1) is 11.7 Å². The summed E-state index contributed by atoms with van der Waals surface area (Å²) in [6, 6.07) is 23.6. The van der Waals surface area contributed by atoms with Gasteiger partial charge in [-0.3, -0.25) is 0 Å². The Morgan fingerprint density at radius 3 is 2.34 bits per heavy atom. The second-order valence-corrected chi connectivity index (χ2v) is 10.6. The molecule has 0 saturated heterocycles. The molecule has 0 bridgehead atoms. The minimum Gasteiger partial charge on any atom is -0.490 e. The number of fused-ring (bicyclic) bond motifs is 1. The van der Waals surface area contributed by atoms with E-state index < -0.39 is 5.60 Å². The van der Waals surface area contributed by atoms with E-state index >= 15 is 0 Å². The summed E-state index contributed by atoms with van der Waals surface area (Å²) in [5, 5.41) is 0.859. The maximum atomic E-state index is 12.8. The molecule has 0 fully saturated rings. The van der Waals surface area contributed by atoms with Crippen molar-refractivity contribution in [1.29, 1.82) is 0 Å². The summed E-state index contributed by atoms with van der Waals surface area (Å²) in [5.74, 6) is 1.46. The molecule has 1 heterocycles. The van der Waals surface area contributed by atoms with E-state index in [0.717, 1.165) is 28.7 Å². The van der Waals surface area contributed by atoms with Crippen LogP contribution in [0.15, 0.2) is 88.6 Å². The van der Waals surface area contributed by atoms with Gasteiger partial charge in [0.15, 0.2) is 0 Å². The second-order valence-electron chi connectivity index (χ2n) is 10.6. The van der Waals surface area contributed by atoms with Crippen LogP contribution < -0.4 is 15.1 Å². The monoisotopic (exact) mass is 510 g/mol. The lowest BCUT2D eigenvalue weighted by molar-refractivity contribution is 0.0544. The minimum atomic E-state index is -0.432. The van der Waals surface area contributed by atoms with E-state index in [2.05, 4.69) is 25.6 Å². The van der Waals surface area contributed by atoms with Crippen molar-refractivity contribution in [1.82, 2.24) is 0 Å². The Morgan fingerprint density at radius 1 is 0.947 bits per heavy atom. The van der Waals surface area contributed by atoms with E-state index in [1.807, 2.05) is 81.4 Å². The van der Waals surface area contributed by atoms with E-state index in [1.165, 1.54) is 24.8 Å². The molecule has 4 aromatic rings. The van der Waals surface area contributed by atoms with E-state index in [1.54, 1.807) is 6.07 Å². The van der Waals surface area contributed by atoms with Crippen molar-refractivity contribution < 1.29 is 13.9 Å². The molecule has 0 aliphatic rings. The number of hydrogen-bond donors (Lipinski definition) is 0. The summed E-state index contributed by atoms with van der Waals surface area (Å²) in [6.45, 7) is 12.1. The molecule has 4 nitrogen and oxygen atoms in total. The Morgan fingerprint density at radius 2 is 1.66 bits per heavy atom. The molecule has 0 N–H and O–H groups in total. The first-order valence-corrected chi connectivity index (χ1v) is 13.5. The van der Waals surface area contributed by atoms with Gasteiger partial charge in [0.25, 0.3) is 0 Å². The fourth-order valence-corrected chi connectivity index (χ4v) is 4.80. The topological polar surface area (TPSA) is 48.7 Å². The molecule has 0 aliphatic heterocycles. The van der Waals surface area contributed by atoms with Gasteiger partial charge >= 0.3 is 5.63 Å². The molecule has 0 radical (unpaired) electrons. The number of aryl methyl sites for hydroxylation is 1. The fraction of sp³-hybridized carbons (Fsp3) is 0.324. The highest BCUT2D eigenvalue weighted by molar-refractivity contribution is 5.82. The zero-order valence-electron chi connectivity index (χ0n) is 23.0. The molecule has 38 heavy (non-hydrogen) atoms. The first kappa shape index (κ1) is 27.3. The molecule has 198 valence electrons. The van der Waals surface area contributed by atoms with E-state index in [-0.39, 0.29) is 11.7 Å². The van der Waals surface area contributed by atoms with E-state index in [0.29, 0.717) is 23.3 Å². The molecular weight excluding hydrogens is 472 g/mol. The van der Waals surface area contributed by atoms with Crippen LogP contribution in [0.2, 0.25) is 0 Å². The molecule has 4 rings (SSSR count). The lowest BCUT2D eigenvalue weighted by Gasteiger charge is -2.29. The van der Waals surface area contributed by atoms with Gasteiger partial charge in [0, 0.05) is 17.9 Å². The van der Waals surface area contributed by atoms with Gasteiger partial charge < -0.3 is 13.9 Å². The molecule has 0 aliphatic carbocycles. The predicted octanol–water partition coefficient (Wildman–Crippen LogP) is 8.85. The summed E-state index contributed by atoms with van der Waals surface area (Å²) in [4.78, 5) is 12.8. The third-order valence-electron chi connectivity index (χ3n) is 6.67. The summed E-state index contributed by atoms with van der Waals surface area (Å²) in [7, 11) is 0. The van der Waals surface area contributed by atoms with Crippen molar-refractivity contribution in [3.8, 4) is 22.6 Å². The number of rotatable bonds is 12. The average molecular weight is 511 g/mol. The van der Waals surface area contributed by atoms with Gasteiger partial charge in [-0.1, -0.05) is 68.8 Å². The Labute approximate surface area is 225 Å². The smallest absolute Gasteiger partial charge is 0.344 e. The largest absolute Gasteiger partial charge is 0.490 e. The van der Waals surface area contributed by atoms with Gasteiger partial charge in [-0.25, -0.2) is 4.79 Å². The van der Waals surface area contributed by atoms with Crippen molar-refractivity contribution in [3.63, 3.8) is 0 Å². The zero-order chi connectivity index (χ0) is 27.1. The van der Waals surface area contributed by atoms with Crippen molar-refractivity contribution in [2.45, 2.75) is 71.5 Å². The molecule has 1 unspecified atom stereocenters. The number of ether oxygens (including phenoxy) is 2. The first-order valence-electron chi connectivity index (χ1n) is 13.5.